The standard InChI is InChI=1S/C23H22ClN5O2/c24-18-7-4-6-17(16-18)23(31)29-13-5-12-28(14-15-29)21-11-10-20(26-27-21)22(30)25-19-8-2-1-3-9-19/h1-4,6-11,16H,5,12-15H2,(H,25,30). The second-order valence-corrected chi connectivity index (χ2v) is 7.68. The highest BCUT2D eigenvalue weighted by Gasteiger charge is 2.21. The molecular formula is C23H22ClN5O2. The molecule has 8 heteroatoms. The van der Waals surface area contributed by atoms with Crippen molar-refractivity contribution in [3.63, 3.8) is 0 Å². The molecule has 31 heavy (non-hydrogen) atoms. The Morgan fingerprint density at radius 1 is 0.871 bits per heavy atom. The molecule has 0 saturated carbocycles. The Hall–Kier alpha value is -3.45. The first-order valence-electron chi connectivity index (χ1n) is 10.1. The first kappa shape index (κ1) is 20.8. The van der Waals surface area contributed by atoms with Crippen molar-refractivity contribution in [2.24, 2.45) is 0 Å². The highest BCUT2D eigenvalue weighted by Crippen LogP contribution is 2.17. The molecule has 1 aromatic heterocycles. The van der Waals surface area contributed by atoms with Gasteiger partial charge < -0.3 is 15.1 Å². The molecule has 7 nitrogen and oxygen atoms in total. The number of anilines is 2. The highest BCUT2D eigenvalue weighted by atomic mass is 35.5. The van der Waals surface area contributed by atoms with Crippen molar-refractivity contribution in [2.75, 3.05) is 36.4 Å². The number of hydrogen-bond acceptors (Lipinski definition) is 5. The second kappa shape index (κ2) is 9.57. The lowest BCUT2D eigenvalue weighted by atomic mass is 10.2. The van der Waals surface area contributed by atoms with Crippen molar-refractivity contribution in [1.82, 2.24) is 15.1 Å². The molecule has 3 aromatic rings. The summed E-state index contributed by atoms with van der Waals surface area (Å²) in [6, 6.07) is 19.7. The van der Waals surface area contributed by atoms with E-state index < -0.39 is 0 Å². The van der Waals surface area contributed by atoms with Crippen molar-refractivity contribution >= 4 is 34.9 Å². The minimum atomic E-state index is -0.306. The van der Waals surface area contributed by atoms with Gasteiger partial charge in [-0.3, -0.25) is 9.59 Å². The van der Waals surface area contributed by atoms with Crippen LogP contribution in [0.15, 0.2) is 66.7 Å². The van der Waals surface area contributed by atoms with E-state index in [0.717, 1.165) is 13.0 Å². The van der Waals surface area contributed by atoms with Gasteiger partial charge >= 0.3 is 0 Å². The van der Waals surface area contributed by atoms with Crippen LogP contribution in [0.25, 0.3) is 0 Å². The van der Waals surface area contributed by atoms with Gasteiger partial charge in [0.2, 0.25) is 0 Å². The molecule has 1 fully saturated rings. The number of halogens is 1. The van der Waals surface area contributed by atoms with E-state index in [0.29, 0.717) is 41.7 Å². The molecule has 0 aliphatic carbocycles. The van der Waals surface area contributed by atoms with Gasteiger partial charge in [0, 0.05) is 42.5 Å². The fraction of sp³-hybridized carbons (Fsp3) is 0.217. The lowest BCUT2D eigenvalue weighted by Crippen LogP contribution is -2.35. The van der Waals surface area contributed by atoms with E-state index in [1.165, 1.54) is 0 Å². The average Bonchev–Trinajstić information content (AvgIpc) is 3.06. The summed E-state index contributed by atoms with van der Waals surface area (Å²) in [6.45, 7) is 2.62. The van der Waals surface area contributed by atoms with Gasteiger partial charge in [-0.05, 0) is 48.9 Å². The fourth-order valence-electron chi connectivity index (χ4n) is 3.49. The van der Waals surface area contributed by atoms with E-state index >= 15 is 0 Å². The molecule has 0 radical (unpaired) electrons. The molecule has 0 atom stereocenters. The number of hydrogen-bond donors (Lipinski definition) is 1. The molecule has 1 aliphatic rings. The van der Waals surface area contributed by atoms with Crippen LogP contribution < -0.4 is 10.2 Å². The molecule has 2 aromatic carbocycles. The van der Waals surface area contributed by atoms with Crippen LogP contribution in [0.3, 0.4) is 0 Å². The third-order valence-electron chi connectivity index (χ3n) is 5.09. The fourth-order valence-corrected chi connectivity index (χ4v) is 3.68. The predicted octanol–water partition coefficient (Wildman–Crippen LogP) is 3.73. The maximum atomic E-state index is 12.8. The smallest absolute Gasteiger partial charge is 0.276 e. The zero-order chi connectivity index (χ0) is 21.6. The predicted molar refractivity (Wildman–Crippen MR) is 121 cm³/mol. The Bertz CT molecular complexity index is 1060. The van der Waals surface area contributed by atoms with Crippen LogP contribution in [0.1, 0.15) is 27.3 Å². The zero-order valence-electron chi connectivity index (χ0n) is 16.9. The number of benzene rings is 2. The summed E-state index contributed by atoms with van der Waals surface area (Å²) in [4.78, 5) is 29.1. The summed E-state index contributed by atoms with van der Waals surface area (Å²) >= 11 is 6.02. The zero-order valence-corrected chi connectivity index (χ0v) is 17.6. The molecule has 1 aliphatic heterocycles. The number of carbonyl (C=O) groups is 2. The summed E-state index contributed by atoms with van der Waals surface area (Å²) in [5.41, 5.74) is 1.55. The third kappa shape index (κ3) is 5.19. The summed E-state index contributed by atoms with van der Waals surface area (Å²) in [5.74, 6) is 0.357. The van der Waals surface area contributed by atoms with Crippen LogP contribution >= 0.6 is 11.6 Å². The minimum absolute atomic E-state index is 0.0247. The SMILES string of the molecule is O=C(Nc1ccccc1)c1ccc(N2CCCN(C(=O)c3cccc(Cl)c3)CC2)nn1. The monoisotopic (exact) mass is 435 g/mol. The van der Waals surface area contributed by atoms with E-state index in [9.17, 15) is 9.59 Å². The Balaban J connectivity index is 1.38. The Morgan fingerprint density at radius 2 is 1.71 bits per heavy atom. The van der Waals surface area contributed by atoms with Gasteiger partial charge in [0.05, 0.1) is 0 Å². The molecule has 2 amide bonds. The first-order valence-corrected chi connectivity index (χ1v) is 10.5. The van der Waals surface area contributed by atoms with Gasteiger partial charge in [0.25, 0.3) is 11.8 Å². The summed E-state index contributed by atoms with van der Waals surface area (Å²) in [6.07, 6.45) is 0.810. The number of nitrogens with one attached hydrogen (secondary N) is 1. The molecule has 1 saturated heterocycles. The van der Waals surface area contributed by atoms with Crippen LogP contribution in [0, 0.1) is 0 Å². The van der Waals surface area contributed by atoms with E-state index in [1.807, 2.05) is 35.2 Å². The van der Waals surface area contributed by atoms with Crippen LogP contribution in [-0.4, -0.2) is 53.1 Å². The molecule has 0 bridgehead atoms. The van der Waals surface area contributed by atoms with Crippen LogP contribution in [0.4, 0.5) is 11.5 Å². The van der Waals surface area contributed by atoms with Gasteiger partial charge in [-0.15, -0.1) is 10.2 Å². The average molecular weight is 436 g/mol. The van der Waals surface area contributed by atoms with Gasteiger partial charge in [-0.2, -0.15) is 0 Å². The van der Waals surface area contributed by atoms with Crippen LogP contribution in [0.2, 0.25) is 5.02 Å². The van der Waals surface area contributed by atoms with Gasteiger partial charge in [0.15, 0.2) is 11.5 Å². The van der Waals surface area contributed by atoms with E-state index in [-0.39, 0.29) is 17.5 Å². The largest absolute Gasteiger partial charge is 0.353 e. The maximum Gasteiger partial charge on any atom is 0.276 e. The maximum absolute atomic E-state index is 12.8. The molecule has 158 valence electrons. The van der Waals surface area contributed by atoms with Crippen molar-refractivity contribution in [2.45, 2.75) is 6.42 Å². The Kier molecular flexibility index (Phi) is 6.43. The molecular weight excluding hydrogens is 414 g/mol. The van der Waals surface area contributed by atoms with E-state index in [4.69, 9.17) is 11.6 Å². The van der Waals surface area contributed by atoms with Crippen molar-refractivity contribution < 1.29 is 9.59 Å². The first-order chi connectivity index (χ1) is 15.1. The Morgan fingerprint density at radius 3 is 2.45 bits per heavy atom. The van der Waals surface area contributed by atoms with Gasteiger partial charge in [-0.25, -0.2) is 0 Å². The number of rotatable bonds is 4. The Labute approximate surface area is 185 Å². The number of aromatic nitrogens is 2. The van der Waals surface area contributed by atoms with Crippen LogP contribution in [-0.2, 0) is 0 Å². The van der Waals surface area contributed by atoms with Gasteiger partial charge in [-0.1, -0.05) is 35.9 Å². The molecule has 1 N–H and O–H groups in total. The summed E-state index contributed by atoms with van der Waals surface area (Å²) < 4.78 is 0. The summed E-state index contributed by atoms with van der Waals surface area (Å²) in [5, 5.41) is 11.7. The van der Waals surface area contributed by atoms with Gasteiger partial charge in [0.1, 0.15) is 0 Å². The molecule has 2 heterocycles. The number of carbonyl (C=O) groups excluding carboxylic acids is 2. The summed E-state index contributed by atoms with van der Waals surface area (Å²) in [7, 11) is 0. The van der Waals surface area contributed by atoms with Crippen molar-refractivity contribution in [3.8, 4) is 0 Å². The van der Waals surface area contributed by atoms with Crippen molar-refractivity contribution in [1.29, 1.82) is 0 Å². The minimum Gasteiger partial charge on any atom is -0.353 e. The van der Waals surface area contributed by atoms with E-state index in [2.05, 4.69) is 20.4 Å². The topological polar surface area (TPSA) is 78.4 Å². The normalized spacial score (nSPS) is 14.1. The molecule has 4 rings (SSSR count). The molecule has 0 spiro atoms. The lowest BCUT2D eigenvalue weighted by Gasteiger charge is -2.22. The number of para-hydroxylation sites is 1. The van der Waals surface area contributed by atoms with E-state index in [1.54, 1.807) is 36.4 Å². The number of nitrogens with zero attached hydrogens (tertiary/aromatic N) is 4. The lowest BCUT2D eigenvalue weighted by molar-refractivity contribution is 0.0766. The number of amides is 2. The van der Waals surface area contributed by atoms with Crippen molar-refractivity contribution in [3.05, 3.63) is 83.0 Å². The highest BCUT2D eigenvalue weighted by molar-refractivity contribution is 6.30. The second-order valence-electron chi connectivity index (χ2n) is 7.24. The third-order valence-corrected chi connectivity index (χ3v) is 5.33. The molecule has 0 unspecified atom stereocenters. The quantitative estimate of drug-likeness (QED) is 0.675. The van der Waals surface area contributed by atoms with Crippen LogP contribution in [0.5, 0.6) is 0 Å².